The van der Waals surface area contributed by atoms with E-state index >= 15 is 0 Å². The third-order valence-electron chi connectivity index (χ3n) is 3.01. The van der Waals surface area contributed by atoms with Crippen LogP contribution in [0.15, 0.2) is 42.5 Å². The van der Waals surface area contributed by atoms with Crippen LogP contribution < -0.4 is 8.92 Å². The summed E-state index contributed by atoms with van der Waals surface area (Å²) >= 11 is 5.99. The lowest BCUT2D eigenvalue weighted by Crippen LogP contribution is -2.07. The van der Waals surface area contributed by atoms with E-state index < -0.39 is 10.1 Å². The van der Waals surface area contributed by atoms with Gasteiger partial charge in [0.2, 0.25) is 0 Å². The molecule has 7 heteroatoms. The summed E-state index contributed by atoms with van der Waals surface area (Å²) < 4.78 is 32.0. The normalized spacial score (nSPS) is 11.1. The van der Waals surface area contributed by atoms with Gasteiger partial charge in [0.25, 0.3) is 0 Å². The molecular weight excluding hydrogens is 340 g/mol. The summed E-state index contributed by atoms with van der Waals surface area (Å²) in [6, 6.07) is 11.3. The predicted molar refractivity (Wildman–Crippen MR) is 88.0 cm³/mol. The molecule has 5 nitrogen and oxygen atoms in total. The molecule has 0 bridgehead atoms. The Morgan fingerprint density at radius 3 is 2.30 bits per heavy atom. The van der Waals surface area contributed by atoms with Gasteiger partial charge in [0.1, 0.15) is 5.75 Å². The largest absolute Gasteiger partial charge is 0.497 e. The average Bonchev–Trinajstić information content (AvgIpc) is 2.49. The molecule has 2 rings (SSSR count). The van der Waals surface area contributed by atoms with Crippen molar-refractivity contribution in [2.45, 2.75) is 6.42 Å². The van der Waals surface area contributed by atoms with E-state index in [1.165, 1.54) is 12.1 Å². The van der Waals surface area contributed by atoms with Crippen LogP contribution in [0.25, 0.3) is 0 Å². The molecule has 0 radical (unpaired) electrons. The van der Waals surface area contributed by atoms with Crippen molar-refractivity contribution in [2.24, 2.45) is 0 Å². The highest BCUT2D eigenvalue weighted by Crippen LogP contribution is 2.27. The summed E-state index contributed by atoms with van der Waals surface area (Å²) in [5.74, 6) is 0.627. The highest BCUT2D eigenvalue weighted by Gasteiger charge is 2.12. The number of halogens is 1. The van der Waals surface area contributed by atoms with Gasteiger partial charge in [-0.15, -0.1) is 0 Å². The van der Waals surface area contributed by atoms with Crippen LogP contribution in [0.5, 0.6) is 11.5 Å². The molecule has 0 saturated carbocycles. The van der Waals surface area contributed by atoms with Gasteiger partial charge in [-0.1, -0.05) is 17.7 Å². The first kappa shape index (κ1) is 17.3. The number of Topliss-reactive ketones (excluding diaryl/α,β-unsaturated/α-hetero) is 1. The number of rotatable bonds is 6. The number of methoxy groups -OCH3 is 1. The summed E-state index contributed by atoms with van der Waals surface area (Å²) in [5.41, 5.74) is 1.22. The number of carbonyl (C=O) groups is 1. The summed E-state index contributed by atoms with van der Waals surface area (Å²) in [5, 5.41) is 0.135. The van der Waals surface area contributed by atoms with Gasteiger partial charge in [0, 0.05) is 12.0 Å². The van der Waals surface area contributed by atoms with Crippen molar-refractivity contribution in [1.82, 2.24) is 0 Å². The SMILES string of the molecule is COc1ccc(C(=O)Cc2ccc(OS(C)(=O)=O)c(Cl)c2)cc1. The summed E-state index contributed by atoms with van der Waals surface area (Å²) in [6.07, 6.45) is 1.08. The first-order chi connectivity index (χ1) is 10.8. The van der Waals surface area contributed by atoms with Crippen molar-refractivity contribution in [1.29, 1.82) is 0 Å². The first-order valence-electron chi connectivity index (χ1n) is 6.63. The average molecular weight is 355 g/mol. The lowest BCUT2D eigenvalue weighted by atomic mass is 10.0. The van der Waals surface area contributed by atoms with Crippen molar-refractivity contribution in [3.05, 3.63) is 58.6 Å². The molecule has 0 heterocycles. The van der Waals surface area contributed by atoms with E-state index in [1.807, 2.05) is 0 Å². The van der Waals surface area contributed by atoms with Crippen LogP contribution in [0.2, 0.25) is 5.02 Å². The lowest BCUT2D eigenvalue weighted by Gasteiger charge is -2.07. The second kappa shape index (κ2) is 7.02. The van der Waals surface area contributed by atoms with Crippen LogP contribution in [-0.2, 0) is 16.5 Å². The van der Waals surface area contributed by atoms with Gasteiger partial charge < -0.3 is 8.92 Å². The van der Waals surface area contributed by atoms with E-state index in [0.29, 0.717) is 16.9 Å². The minimum atomic E-state index is -3.65. The molecule has 0 aromatic heterocycles. The number of ketones is 1. The second-order valence-electron chi connectivity index (χ2n) is 4.88. The van der Waals surface area contributed by atoms with Crippen molar-refractivity contribution in [2.75, 3.05) is 13.4 Å². The fourth-order valence-electron chi connectivity index (χ4n) is 1.95. The molecule has 0 fully saturated rings. The van der Waals surface area contributed by atoms with Gasteiger partial charge in [-0.3, -0.25) is 4.79 Å². The Kier molecular flexibility index (Phi) is 5.28. The third kappa shape index (κ3) is 4.97. The highest BCUT2D eigenvalue weighted by atomic mass is 35.5. The Hall–Kier alpha value is -2.05. The zero-order valence-electron chi connectivity index (χ0n) is 12.6. The fourth-order valence-corrected chi connectivity index (χ4v) is 2.71. The lowest BCUT2D eigenvalue weighted by molar-refractivity contribution is 0.0993. The fraction of sp³-hybridized carbons (Fsp3) is 0.188. The molecule has 0 aliphatic heterocycles. The van der Waals surface area contributed by atoms with E-state index in [9.17, 15) is 13.2 Å². The monoisotopic (exact) mass is 354 g/mol. The molecule has 0 atom stereocenters. The third-order valence-corrected chi connectivity index (χ3v) is 3.79. The Bertz CT molecular complexity index is 813. The molecular formula is C16H15ClO5S. The molecule has 122 valence electrons. The smallest absolute Gasteiger partial charge is 0.306 e. The minimum absolute atomic E-state index is 0.0369. The van der Waals surface area contributed by atoms with Gasteiger partial charge in [-0.2, -0.15) is 8.42 Å². The molecule has 0 N–H and O–H groups in total. The number of hydrogen-bond acceptors (Lipinski definition) is 5. The maximum absolute atomic E-state index is 12.2. The van der Waals surface area contributed by atoms with Gasteiger partial charge in [0.05, 0.1) is 18.4 Å². The molecule has 0 aliphatic rings. The Balaban J connectivity index is 2.13. The highest BCUT2D eigenvalue weighted by molar-refractivity contribution is 7.86. The number of ether oxygens (including phenoxy) is 1. The van der Waals surface area contributed by atoms with Crippen LogP contribution in [-0.4, -0.2) is 27.6 Å². The quantitative estimate of drug-likeness (QED) is 0.589. The predicted octanol–water partition coefficient (Wildman–Crippen LogP) is 3.11. The Labute approximate surface area is 139 Å². The first-order valence-corrected chi connectivity index (χ1v) is 8.83. The van der Waals surface area contributed by atoms with Crippen LogP contribution in [0.1, 0.15) is 15.9 Å². The van der Waals surface area contributed by atoms with E-state index in [0.717, 1.165) is 6.26 Å². The molecule has 0 spiro atoms. The topological polar surface area (TPSA) is 69.7 Å². The number of hydrogen-bond donors (Lipinski definition) is 0. The standard InChI is InChI=1S/C16H15ClO5S/c1-21-13-6-4-12(5-7-13)15(18)10-11-3-8-16(14(17)9-11)22-23(2,19)20/h3-9H,10H2,1-2H3. The van der Waals surface area contributed by atoms with Crippen LogP contribution in [0.4, 0.5) is 0 Å². The summed E-state index contributed by atoms with van der Waals surface area (Å²) in [7, 11) is -2.09. The van der Waals surface area contributed by atoms with E-state index in [2.05, 4.69) is 0 Å². The van der Waals surface area contributed by atoms with Gasteiger partial charge in [-0.25, -0.2) is 0 Å². The molecule has 0 aliphatic carbocycles. The molecule has 23 heavy (non-hydrogen) atoms. The van der Waals surface area contributed by atoms with Crippen molar-refractivity contribution in [3.8, 4) is 11.5 Å². The van der Waals surface area contributed by atoms with Crippen molar-refractivity contribution in [3.63, 3.8) is 0 Å². The van der Waals surface area contributed by atoms with Crippen LogP contribution in [0.3, 0.4) is 0 Å². The van der Waals surface area contributed by atoms with Crippen LogP contribution >= 0.6 is 11.6 Å². The summed E-state index contributed by atoms with van der Waals surface area (Å²) in [4.78, 5) is 12.2. The van der Waals surface area contributed by atoms with Gasteiger partial charge in [-0.05, 0) is 42.0 Å². The zero-order valence-corrected chi connectivity index (χ0v) is 14.1. The Morgan fingerprint density at radius 2 is 1.78 bits per heavy atom. The van der Waals surface area contributed by atoms with E-state index in [1.54, 1.807) is 37.4 Å². The van der Waals surface area contributed by atoms with Gasteiger partial charge >= 0.3 is 10.1 Å². The molecule has 0 saturated heterocycles. The van der Waals surface area contributed by atoms with E-state index in [-0.39, 0.29) is 23.0 Å². The minimum Gasteiger partial charge on any atom is -0.497 e. The number of carbonyl (C=O) groups excluding carboxylic acids is 1. The van der Waals surface area contributed by atoms with Crippen molar-refractivity contribution < 1.29 is 22.1 Å². The molecule has 2 aromatic rings. The molecule has 0 amide bonds. The maximum atomic E-state index is 12.2. The van der Waals surface area contributed by atoms with Crippen molar-refractivity contribution >= 4 is 27.5 Å². The summed E-state index contributed by atoms with van der Waals surface area (Å²) in [6.45, 7) is 0. The second-order valence-corrected chi connectivity index (χ2v) is 6.86. The van der Waals surface area contributed by atoms with Gasteiger partial charge in [0.15, 0.2) is 11.5 Å². The van der Waals surface area contributed by atoms with Crippen LogP contribution in [0, 0.1) is 0 Å². The Morgan fingerprint density at radius 1 is 1.13 bits per heavy atom. The molecule has 0 unspecified atom stereocenters. The molecule has 2 aromatic carbocycles. The van der Waals surface area contributed by atoms with E-state index in [4.69, 9.17) is 20.5 Å². The zero-order chi connectivity index (χ0) is 17.0. The maximum Gasteiger partial charge on any atom is 0.306 e. The number of benzene rings is 2.